The summed E-state index contributed by atoms with van der Waals surface area (Å²) in [7, 11) is 0. The Morgan fingerprint density at radius 3 is 2.50 bits per heavy atom. The molecule has 6 nitrogen and oxygen atoms in total. The van der Waals surface area contributed by atoms with Crippen LogP contribution in [0.3, 0.4) is 0 Å². The molecule has 0 unspecified atom stereocenters. The standard InChI is InChI=1S/C26H25ClN2O4S/c1-14-10-20-18(11-19(14)27)22(31)24(32-12-21(30)29-25-28-15(2)13-34-25)23(33-20)16-6-8-17(9-7-16)26(3,4)5/h6-11,13H,12H2,1-5H3,(H,28,29,30). The fourth-order valence-electron chi connectivity index (χ4n) is 3.45. The van der Waals surface area contributed by atoms with Crippen molar-refractivity contribution in [2.24, 2.45) is 0 Å². The van der Waals surface area contributed by atoms with E-state index in [1.165, 1.54) is 11.3 Å². The van der Waals surface area contributed by atoms with E-state index >= 15 is 0 Å². The van der Waals surface area contributed by atoms with Gasteiger partial charge in [0, 0.05) is 16.0 Å². The van der Waals surface area contributed by atoms with E-state index in [0.29, 0.717) is 21.3 Å². The number of thiazole rings is 1. The number of nitrogens with one attached hydrogen (secondary N) is 1. The van der Waals surface area contributed by atoms with Crippen molar-refractivity contribution in [1.82, 2.24) is 4.98 Å². The number of fused-ring (bicyclic) bond motifs is 1. The molecule has 2 aromatic carbocycles. The molecule has 176 valence electrons. The molecule has 0 aliphatic carbocycles. The number of hydrogen-bond donors (Lipinski definition) is 1. The Balaban J connectivity index is 1.75. The van der Waals surface area contributed by atoms with E-state index in [4.69, 9.17) is 20.8 Å². The Morgan fingerprint density at radius 1 is 1.18 bits per heavy atom. The number of aromatic nitrogens is 1. The maximum Gasteiger partial charge on any atom is 0.264 e. The van der Waals surface area contributed by atoms with Crippen LogP contribution in [-0.4, -0.2) is 17.5 Å². The maximum atomic E-state index is 13.4. The fraction of sp³-hybridized carbons (Fsp3) is 0.269. The van der Waals surface area contributed by atoms with E-state index in [-0.39, 0.29) is 28.9 Å². The van der Waals surface area contributed by atoms with Gasteiger partial charge in [0.25, 0.3) is 5.91 Å². The molecule has 0 atom stereocenters. The van der Waals surface area contributed by atoms with E-state index in [1.807, 2.05) is 43.5 Å². The molecular formula is C26H25ClN2O4S. The number of amides is 1. The summed E-state index contributed by atoms with van der Waals surface area (Å²) in [6.07, 6.45) is 0. The van der Waals surface area contributed by atoms with E-state index in [1.54, 1.807) is 12.1 Å². The van der Waals surface area contributed by atoms with Gasteiger partial charge in [-0.05, 0) is 42.5 Å². The lowest BCUT2D eigenvalue weighted by molar-refractivity contribution is -0.118. The van der Waals surface area contributed by atoms with E-state index in [2.05, 4.69) is 31.1 Å². The topological polar surface area (TPSA) is 81.4 Å². The Morgan fingerprint density at radius 2 is 1.88 bits per heavy atom. The van der Waals surface area contributed by atoms with Gasteiger partial charge in [-0.3, -0.25) is 14.9 Å². The van der Waals surface area contributed by atoms with Crippen molar-refractivity contribution in [2.45, 2.75) is 40.0 Å². The molecule has 4 rings (SSSR count). The number of anilines is 1. The summed E-state index contributed by atoms with van der Waals surface area (Å²) >= 11 is 7.57. The highest BCUT2D eigenvalue weighted by Crippen LogP contribution is 2.34. The first-order valence-electron chi connectivity index (χ1n) is 10.8. The summed E-state index contributed by atoms with van der Waals surface area (Å²) in [6.45, 7) is 9.69. The fourth-order valence-corrected chi connectivity index (χ4v) is 4.31. The molecule has 2 aromatic heterocycles. The van der Waals surface area contributed by atoms with Crippen LogP contribution in [0.15, 0.2) is 51.0 Å². The van der Waals surface area contributed by atoms with Crippen molar-refractivity contribution >= 4 is 44.9 Å². The summed E-state index contributed by atoms with van der Waals surface area (Å²) in [4.78, 5) is 30.1. The van der Waals surface area contributed by atoms with Crippen LogP contribution in [0.4, 0.5) is 5.13 Å². The maximum absolute atomic E-state index is 13.4. The highest BCUT2D eigenvalue weighted by molar-refractivity contribution is 7.13. The number of halogens is 1. The zero-order valence-electron chi connectivity index (χ0n) is 19.6. The minimum absolute atomic E-state index is 0.0256. The number of aryl methyl sites for hydroxylation is 2. The molecule has 4 aromatic rings. The number of nitrogens with zero attached hydrogens (tertiary/aromatic N) is 1. The van der Waals surface area contributed by atoms with Crippen molar-refractivity contribution < 1.29 is 13.9 Å². The second kappa shape index (κ2) is 9.24. The second-order valence-electron chi connectivity index (χ2n) is 9.15. The summed E-state index contributed by atoms with van der Waals surface area (Å²) in [5.41, 5.74) is 3.39. The van der Waals surface area contributed by atoms with Crippen molar-refractivity contribution in [3.05, 3.63) is 73.8 Å². The molecule has 0 aliphatic rings. The van der Waals surface area contributed by atoms with Crippen LogP contribution in [-0.2, 0) is 10.2 Å². The number of hydrogen-bond acceptors (Lipinski definition) is 6. The first-order valence-corrected chi connectivity index (χ1v) is 12.0. The first kappa shape index (κ1) is 24.0. The predicted molar refractivity (Wildman–Crippen MR) is 137 cm³/mol. The SMILES string of the molecule is Cc1csc(NC(=O)COc2c(-c3ccc(C(C)(C)C)cc3)oc3cc(C)c(Cl)cc3c2=O)n1. The summed E-state index contributed by atoms with van der Waals surface area (Å²) < 4.78 is 11.9. The highest BCUT2D eigenvalue weighted by Gasteiger charge is 2.21. The van der Waals surface area contributed by atoms with Gasteiger partial charge < -0.3 is 9.15 Å². The molecule has 0 saturated heterocycles. The molecule has 0 aliphatic heterocycles. The average Bonchev–Trinajstić information content (AvgIpc) is 3.18. The van der Waals surface area contributed by atoms with Crippen molar-refractivity contribution in [1.29, 1.82) is 0 Å². The largest absolute Gasteiger partial charge is 0.476 e. The van der Waals surface area contributed by atoms with Gasteiger partial charge in [-0.1, -0.05) is 56.6 Å². The molecule has 1 amide bonds. The smallest absolute Gasteiger partial charge is 0.264 e. The molecule has 1 N–H and O–H groups in total. The highest BCUT2D eigenvalue weighted by atomic mass is 35.5. The third-order valence-corrected chi connectivity index (χ3v) is 6.64. The summed E-state index contributed by atoms with van der Waals surface area (Å²) in [6, 6.07) is 11.1. The van der Waals surface area contributed by atoms with Crippen LogP contribution in [0, 0.1) is 13.8 Å². The minimum Gasteiger partial charge on any atom is -0.476 e. The Kier molecular flexibility index (Phi) is 6.51. The van der Waals surface area contributed by atoms with Crippen LogP contribution in [0.2, 0.25) is 5.02 Å². The monoisotopic (exact) mass is 496 g/mol. The van der Waals surface area contributed by atoms with Crippen LogP contribution >= 0.6 is 22.9 Å². The predicted octanol–water partition coefficient (Wildman–Crippen LogP) is 6.50. The van der Waals surface area contributed by atoms with Crippen LogP contribution in [0.1, 0.15) is 37.6 Å². The molecule has 2 heterocycles. The lowest BCUT2D eigenvalue weighted by Crippen LogP contribution is -2.22. The van der Waals surface area contributed by atoms with E-state index < -0.39 is 11.3 Å². The zero-order chi connectivity index (χ0) is 24.6. The Hall–Kier alpha value is -3.16. The average molecular weight is 497 g/mol. The molecule has 34 heavy (non-hydrogen) atoms. The van der Waals surface area contributed by atoms with Gasteiger partial charge in [-0.2, -0.15) is 0 Å². The van der Waals surface area contributed by atoms with Gasteiger partial charge in [-0.25, -0.2) is 4.98 Å². The van der Waals surface area contributed by atoms with E-state index in [0.717, 1.165) is 16.8 Å². The molecule has 0 saturated carbocycles. The molecular weight excluding hydrogens is 472 g/mol. The summed E-state index contributed by atoms with van der Waals surface area (Å²) in [5.74, 6) is -0.205. The molecule has 0 bridgehead atoms. The molecule has 0 fully saturated rings. The molecule has 0 spiro atoms. The van der Waals surface area contributed by atoms with Gasteiger partial charge in [0.15, 0.2) is 17.5 Å². The number of carbonyl (C=O) groups excluding carboxylic acids is 1. The van der Waals surface area contributed by atoms with Crippen LogP contribution in [0.25, 0.3) is 22.3 Å². The quantitative estimate of drug-likeness (QED) is 0.341. The van der Waals surface area contributed by atoms with Gasteiger partial charge in [-0.15, -0.1) is 11.3 Å². The molecule has 8 heteroatoms. The first-order chi connectivity index (χ1) is 16.0. The number of ether oxygens (including phenoxy) is 1. The lowest BCUT2D eigenvalue weighted by atomic mass is 9.86. The van der Waals surface area contributed by atoms with Crippen molar-refractivity contribution in [3.63, 3.8) is 0 Å². The van der Waals surface area contributed by atoms with Crippen molar-refractivity contribution in [3.8, 4) is 17.1 Å². The number of benzene rings is 2. The zero-order valence-corrected chi connectivity index (χ0v) is 21.2. The van der Waals surface area contributed by atoms with Gasteiger partial charge in [0.2, 0.25) is 11.2 Å². The van der Waals surface area contributed by atoms with E-state index in [9.17, 15) is 9.59 Å². The third-order valence-electron chi connectivity index (χ3n) is 5.36. The lowest BCUT2D eigenvalue weighted by Gasteiger charge is -2.19. The minimum atomic E-state index is -0.426. The number of rotatable bonds is 5. The Labute approximate surface area is 206 Å². The molecule has 0 radical (unpaired) electrons. The van der Waals surface area contributed by atoms with Crippen LogP contribution < -0.4 is 15.5 Å². The third kappa shape index (κ3) is 5.00. The normalized spacial score (nSPS) is 11.6. The van der Waals surface area contributed by atoms with Gasteiger partial charge in [0.05, 0.1) is 11.1 Å². The van der Waals surface area contributed by atoms with Crippen LogP contribution in [0.5, 0.6) is 5.75 Å². The Bertz CT molecular complexity index is 1430. The van der Waals surface area contributed by atoms with Gasteiger partial charge in [0.1, 0.15) is 5.58 Å². The summed E-state index contributed by atoms with van der Waals surface area (Å²) in [5, 5.41) is 5.72. The number of carbonyl (C=O) groups is 1. The second-order valence-corrected chi connectivity index (χ2v) is 10.4. The van der Waals surface area contributed by atoms with Crippen molar-refractivity contribution in [2.75, 3.05) is 11.9 Å². The van der Waals surface area contributed by atoms with Gasteiger partial charge >= 0.3 is 0 Å².